The number of anilines is 2. The Morgan fingerprint density at radius 3 is 2.76 bits per heavy atom. The Hall–Kier alpha value is -2.84. The Balaban J connectivity index is 1.95. The number of carbonyl (C=O) groups excluding carboxylic acids is 1. The van der Waals surface area contributed by atoms with Crippen LogP contribution in [0.25, 0.3) is 0 Å². The summed E-state index contributed by atoms with van der Waals surface area (Å²) in [4.78, 5) is 30.9. The van der Waals surface area contributed by atoms with Crippen LogP contribution in [0.15, 0.2) is 21.8 Å². The fraction of sp³-hybridized carbons (Fsp3) is 0.500. The lowest BCUT2D eigenvalue weighted by Crippen LogP contribution is -2.38. The number of aromatic nitrogens is 3. The van der Waals surface area contributed by atoms with Crippen molar-refractivity contribution < 1.29 is 14.4 Å². The SMILES string of the molecule is CN(c1nc(C(=O)Nc2cnoc2)c(O)c(=O)n1C)C1CCCCC1. The summed E-state index contributed by atoms with van der Waals surface area (Å²) in [5.74, 6) is -1.03. The third-order valence-electron chi connectivity index (χ3n) is 4.59. The first-order chi connectivity index (χ1) is 12.0. The van der Waals surface area contributed by atoms with Crippen molar-refractivity contribution in [1.29, 1.82) is 0 Å². The summed E-state index contributed by atoms with van der Waals surface area (Å²) in [6.45, 7) is 0. The number of hydrogen-bond acceptors (Lipinski definition) is 7. The molecule has 0 spiro atoms. The van der Waals surface area contributed by atoms with Gasteiger partial charge in [0.1, 0.15) is 12.0 Å². The predicted molar refractivity (Wildman–Crippen MR) is 90.9 cm³/mol. The van der Waals surface area contributed by atoms with Gasteiger partial charge in [-0.2, -0.15) is 0 Å². The fourth-order valence-corrected chi connectivity index (χ4v) is 3.14. The molecule has 9 heteroatoms. The minimum absolute atomic E-state index is 0.255. The number of hydrogen-bond donors (Lipinski definition) is 2. The molecule has 0 atom stereocenters. The molecular formula is C16H21N5O4. The molecule has 9 nitrogen and oxygen atoms in total. The Morgan fingerprint density at radius 1 is 1.40 bits per heavy atom. The molecule has 25 heavy (non-hydrogen) atoms. The quantitative estimate of drug-likeness (QED) is 0.861. The van der Waals surface area contributed by atoms with Gasteiger partial charge < -0.3 is 19.8 Å². The average Bonchev–Trinajstić information content (AvgIpc) is 3.13. The third kappa shape index (κ3) is 3.35. The number of nitrogens with zero attached hydrogens (tertiary/aromatic N) is 4. The zero-order valence-electron chi connectivity index (χ0n) is 14.2. The maximum absolute atomic E-state index is 12.4. The van der Waals surface area contributed by atoms with E-state index in [1.807, 2.05) is 11.9 Å². The van der Waals surface area contributed by atoms with Gasteiger partial charge in [0, 0.05) is 20.1 Å². The third-order valence-corrected chi connectivity index (χ3v) is 4.59. The molecule has 1 fully saturated rings. The number of amides is 1. The van der Waals surface area contributed by atoms with Gasteiger partial charge >= 0.3 is 0 Å². The van der Waals surface area contributed by atoms with E-state index < -0.39 is 17.2 Å². The van der Waals surface area contributed by atoms with Crippen LogP contribution in [0.2, 0.25) is 0 Å². The first kappa shape index (κ1) is 17.0. The second-order valence-electron chi connectivity index (χ2n) is 6.24. The van der Waals surface area contributed by atoms with Crippen LogP contribution in [0, 0.1) is 0 Å². The van der Waals surface area contributed by atoms with Crippen molar-refractivity contribution in [1.82, 2.24) is 14.7 Å². The van der Waals surface area contributed by atoms with Crippen molar-refractivity contribution in [3.05, 3.63) is 28.5 Å². The van der Waals surface area contributed by atoms with Crippen LogP contribution in [-0.4, -0.2) is 38.8 Å². The Morgan fingerprint density at radius 2 is 2.12 bits per heavy atom. The lowest BCUT2D eigenvalue weighted by Gasteiger charge is -2.32. The second kappa shape index (κ2) is 6.96. The molecule has 0 radical (unpaired) electrons. The number of aromatic hydroxyl groups is 1. The van der Waals surface area contributed by atoms with Gasteiger partial charge in [-0.05, 0) is 12.8 Å². The highest BCUT2D eigenvalue weighted by molar-refractivity contribution is 6.04. The monoisotopic (exact) mass is 347 g/mol. The minimum Gasteiger partial charge on any atom is -0.501 e. The van der Waals surface area contributed by atoms with Crippen molar-refractivity contribution in [2.75, 3.05) is 17.3 Å². The number of rotatable bonds is 4. The highest BCUT2D eigenvalue weighted by atomic mass is 16.5. The second-order valence-corrected chi connectivity index (χ2v) is 6.24. The van der Waals surface area contributed by atoms with Gasteiger partial charge in [0.2, 0.25) is 11.7 Å². The van der Waals surface area contributed by atoms with Crippen LogP contribution in [0.5, 0.6) is 5.75 Å². The molecule has 1 amide bonds. The van der Waals surface area contributed by atoms with E-state index >= 15 is 0 Å². The summed E-state index contributed by atoms with van der Waals surface area (Å²) in [6, 6.07) is 0.255. The summed E-state index contributed by atoms with van der Waals surface area (Å²) in [5, 5.41) is 16.1. The van der Waals surface area contributed by atoms with Crippen LogP contribution in [-0.2, 0) is 7.05 Å². The van der Waals surface area contributed by atoms with Gasteiger partial charge in [-0.15, -0.1) is 0 Å². The smallest absolute Gasteiger partial charge is 0.297 e. The largest absolute Gasteiger partial charge is 0.501 e. The van der Waals surface area contributed by atoms with E-state index in [0.717, 1.165) is 25.7 Å². The van der Waals surface area contributed by atoms with Crippen molar-refractivity contribution in [2.45, 2.75) is 38.1 Å². The van der Waals surface area contributed by atoms with Crippen molar-refractivity contribution in [3.63, 3.8) is 0 Å². The van der Waals surface area contributed by atoms with Gasteiger partial charge in [-0.25, -0.2) is 4.98 Å². The summed E-state index contributed by atoms with van der Waals surface area (Å²) in [7, 11) is 3.39. The van der Waals surface area contributed by atoms with Gasteiger partial charge in [0.25, 0.3) is 11.5 Å². The van der Waals surface area contributed by atoms with Crippen LogP contribution >= 0.6 is 0 Å². The Bertz CT molecular complexity index is 809. The maximum Gasteiger partial charge on any atom is 0.297 e. The molecule has 0 aromatic carbocycles. The fourth-order valence-electron chi connectivity index (χ4n) is 3.14. The molecule has 0 bridgehead atoms. The molecule has 0 unspecified atom stereocenters. The van der Waals surface area contributed by atoms with Crippen molar-refractivity contribution >= 4 is 17.5 Å². The molecule has 3 rings (SSSR count). The predicted octanol–water partition coefficient (Wildman–Crippen LogP) is 1.50. The van der Waals surface area contributed by atoms with Crippen molar-refractivity contribution in [3.8, 4) is 5.75 Å². The molecule has 1 aliphatic carbocycles. The molecule has 1 aliphatic rings. The van der Waals surface area contributed by atoms with Crippen molar-refractivity contribution in [2.24, 2.45) is 7.05 Å². The van der Waals surface area contributed by atoms with Crippen LogP contribution < -0.4 is 15.8 Å². The number of carbonyl (C=O) groups is 1. The summed E-state index contributed by atoms with van der Waals surface area (Å²) in [6.07, 6.45) is 8.03. The molecular weight excluding hydrogens is 326 g/mol. The molecule has 0 saturated heterocycles. The van der Waals surface area contributed by atoms with Gasteiger partial charge in [-0.1, -0.05) is 24.4 Å². The van der Waals surface area contributed by atoms with E-state index in [1.54, 1.807) is 0 Å². The van der Waals surface area contributed by atoms with E-state index in [2.05, 4.69) is 20.0 Å². The topological polar surface area (TPSA) is 113 Å². The number of nitrogens with one attached hydrogen (secondary N) is 1. The molecule has 2 N–H and O–H groups in total. The normalized spacial score (nSPS) is 15.1. The lowest BCUT2D eigenvalue weighted by atomic mass is 9.95. The molecule has 1 saturated carbocycles. The summed E-state index contributed by atoms with van der Waals surface area (Å²) >= 11 is 0. The van der Waals surface area contributed by atoms with Gasteiger partial charge in [0.05, 0.1) is 6.20 Å². The van der Waals surface area contributed by atoms with E-state index in [4.69, 9.17) is 0 Å². The van der Waals surface area contributed by atoms with E-state index in [1.165, 1.54) is 30.5 Å². The van der Waals surface area contributed by atoms with E-state index in [9.17, 15) is 14.7 Å². The van der Waals surface area contributed by atoms with Crippen LogP contribution in [0.1, 0.15) is 42.6 Å². The Kier molecular flexibility index (Phi) is 4.73. The standard InChI is InChI=1S/C16H21N5O4/c1-20(11-6-4-3-5-7-11)16-19-12(13(22)15(24)21(16)2)14(23)18-10-8-17-25-9-10/h8-9,11,22H,3-7H2,1-2H3,(H,18,23). The van der Waals surface area contributed by atoms with E-state index in [-0.39, 0.29) is 11.7 Å². The van der Waals surface area contributed by atoms with Gasteiger partial charge in [-0.3, -0.25) is 14.2 Å². The minimum atomic E-state index is -0.698. The van der Waals surface area contributed by atoms with Gasteiger partial charge in [0.15, 0.2) is 5.69 Å². The van der Waals surface area contributed by atoms with Crippen LogP contribution in [0.3, 0.4) is 0 Å². The summed E-state index contributed by atoms with van der Waals surface area (Å²) < 4.78 is 5.91. The zero-order valence-corrected chi connectivity index (χ0v) is 14.2. The maximum atomic E-state index is 12.4. The zero-order chi connectivity index (χ0) is 18.0. The molecule has 2 heterocycles. The Labute approximate surface area is 144 Å². The highest BCUT2D eigenvalue weighted by Gasteiger charge is 2.26. The highest BCUT2D eigenvalue weighted by Crippen LogP contribution is 2.25. The summed E-state index contributed by atoms with van der Waals surface area (Å²) in [5.41, 5.74) is -0.667. The molecule has 134 valence electrons. The average molecular weight is 347 g/mol. The molecule has 2 aromatic heterocycles. The molecule has 0 aliphatic heterocycles. The first-order valence-electron chi connectivity index (χ1n) is 8.22. The molecule has 2 aromatic rings. The first-order valence-corrected chi connectivity index (χ1v) is 8.22. The lowest BCUT2D eigenvalue weighted by molar-refractivity contribution is 0.101. The van der Waals surface area contributed by atoms with E-state index in [0.29, 0.717) is 11.6 Å². The van der Waals surface area contributed by atoms with Crippen LogP contribution in [0.4, 0.5) is 11.6 Å².